The number of imidazole rings is 1. The van der Waals surface area contributed by atoms with E-state index in [9.17, 15) is 22.8 Å². The molecule has 11 heteroatoms. The van der Waals surface area contributed by atoms with Gasteiger partial charge in [-0.05, 0) is 36.8 Å². The van der Waals surface area contributed by atoms with Crippen molar-refractivity contribution < 1.29 is 13.2 Å². The fraction of sp³-hybridized carbons (Fsp3) is 0.200. The van der Waals surface area contributed by atoms with Crippen LogP contribution >= 0.6 is 0 Å². The fourth-order valence-corrected chi connectivity index (χ4v) is 3.90. The smallest absolute Gasteiger partial charge is 0.307 e. The summed E-state index contributed by atoms with van der Waals surface area (Å²) in [7, 11) is -3.61. The number of aromatic nitrogens is 4. The molecule has 0 unspecified atom stereocenters. The number of pyridine rings is 1. The number of sulfonamides is 1. The largest absolute Gasteiger partial charge is 0.328 e. The van der Waals surface area contributed by atoms with Crippen LogP contribution < -0.4 is 16.0 Å². The third kappa shape index (κ3) is 3.75. The Kier molecular flexibility index (Phi) is 4.97. The summed E-state index contributed by atoms with van der Waals surface area (Å²) in [6, 6.07) is 9.40. The Bertz CT molecular complexity index is 1560. The Balaban J connectivity index is 1.88. The van der Waals surface area contributed by atoms with Gasteiger partial charge in [0.25, 0.3) is 5.56 Å². The predicted molar refractivity (Wildman–Crippen MR) is 116 cm³/mol. The van der Waals surface area contributed by atoms with Crippen LogP contribution in [0, 0.1) is 0 Å². The molecule has 0 bridgehead atoms. The number of nitrogens with zero attached hydrogens (tertiary/aromatic N) is 3. The van der Waals surface area contributed by atoms with Crippen LogP contribution in [0.15, 0.2) is 52.2 Å². The molecule has 0 amide bonds. The zero-order valence-electron chi connectivity index (χ0n) is 16.7. The fourth-order valence-electron chi connectivity index (χ4n) is 3.40. The Morgan fingerprint density at radius 3 is 2.68 bits per heavy atom. The van der Waals surface area contributed by atoms with Gasteiger partial charge in [-0.15, -0.1) is 0 Å². The monoisotopic (exact) mass is 441 g/mol. The molecule has 160 valence electrons. The number of nitrogens with one attached hydrogen (secondary N) is 2. The number of hydrogen-bond donors (Lipinski definition) is 2. The van der Waals surface area contributed by atoms with E-state index in [4.69, 9.17) is 0 Å². The summed E-state index contributed by atoms with van der Waals surface area (Å²) < 4.78 is 28.2. The third-order valence-electron chi connectivity index (χ3n) is 4.72. The van der Waals surface area contributed by atoms with Gasteiger partial charge < -0.3 is 4.98 Å². The number of rotatable bonds is 6. The maximum atomic E-state index is 13.2. The minimum atomic E-state index is -3.61. The van der Waals surface area contributed by atoms with Crippen molar-refractivity contribution in [3.63, 3.8) is 0 Å². The normalized spacial score (nSPS) is 11.8. The molecule has 1 aromatic carbocycles. The molecule has 0 saturated heterocycles. The van der Waals surface area contributed by atoms with Crippen molar-refractivity contribution in [3.8, 4) is 0 Å². The van der Waals surface area contributed by atoms with Crippen molar-refractivity contribution in [2.45, 2.75) is 19.9 Å². The number of anilines is 1. The van der Waals surface area contributed by atoms with E-state index in [1.54, 1.807) is 24.4 Å². The van der Waals surface area contributed by atoms with Gasteiger partial charge >= 0.3 is 5.69 Å². The van der Waals surface area contributed by atoms with E-state index in [2.05, 4.69) is 14.7 Å². The molecule has 2 N–H and O–H groups in total. The number of ketones is 1. The number of aromatic amines is 1. The number of carbonyl (C=O) groups is 1. The molecule has 0 saturated carbocycles. The summed E-state index contributed by atoms with van der Waals surface area (Å²) in [6.45, 7) is 2.11. The van der Waals surface area contributed by atoms with E-state index >= 15 is 0 Å². The summed E-state index contributed by atoms with van der Waals surface area (Å²) in [5.41, 5.74) is -0.0730. The lowest BCUT2D eigenvalue weighted by Gasteiger charge is -2.06. The number of benzene rings is 1. The van der Waals surface area contributed by atoms with E-state index in [1.165, 1.54) is 22.6 Å². The number of fused-ring (bicyclic) bond motifs is 2. The lowest BCUT2D eigenvalue weighted by molar-refractivity contribution is 0.102. The maximum Gasteiger partial charge on any atom is 0.328 e. The molecule has 10 nitrogen and oxygen atoms in total. The zero-order chi connectivity index (χ0) is 22.3. The quantitative estimate of drug-likeness (QED) is 0.434. The van der Waals surface area contributed by atoms with Crippen molar-refractivity contribution in [2.75, 3.05) is 11.0 Å². The topological polar surface area (TPSA) is 135 Å². The number of carbonyl (C=O) groups excluding carboxylic acids is 1. The van der Waals surface area contributed by atoms with Gasteiger partial charge in [0.1, 0.15) is 0 Å². The molecule has 3 aromatic heterocycles. The molecule has 0 aliphatic carbocycles. The second-order valence-electron chi connectivity index (χ2n) is 7.09. The second-order valence-corrected chi connectivity index (χ2v) is 8.84. The standard InChI is InChI=1S/C20H19N5O5S/c1-3-9-25-19(27)13-11-12(7-8-14(13)21-20(25)28)16(26)18-22-17(23-31(2,29)30)15-6-4-5-10-24(15)18/h4-8,10-11,23H,3,9H2,1-2H3,(H,21,28). The Labute approximate surface area is 176 Å². The van der Waals surface area contributed by atoms with Gasteiger partial charge in [-0.1, -0.05) is 13.0 Å². The van der Waals surface area contributed by atoms with E-state index in [0.29, 0.717) is 17.5 Å². The van der Waals surface area contributed by atoms with Crippen LogP contribution in [0.1, 0.15) is 29.5 Å². The first-order chi connectivity index (χ1) is 14.7. The van der Waals surface area contributed by atoms with Gasteiger partial charge in [0.05, 0.1) is 22.7 Å². The van der Waals surface area contributed by atoms with Crippen LogP contribution in [-0.4, -0.2) is 39.4 Å². The van der Waals surface area contributed by atoms with Crippen molar-refractivity contribution >= 4 is 38.0 Å². The van der Waals surface area contributed by atoms with E-state index in [1.807, 2.05) is 6.92 Å². The third-order valence-corrected chi connectivity index (χ3v) is 5.29. The van der Waals surface area contributed by atoms with Gasteiger partial charge in [0.2, 0.25) is 15.8 Å². The lowest BCUT2D eigenvalue weighted by Crippen LogP contribution is -2.35. The van der Waals surface area contributed by atoms with Crippen LogP contribution in [0.2, 0.25) is 0 Å². The summed E-state index contributed by atoms with van der Waals surface area (Å²) in [5.74, 6) is -0.487. The van der Waals surface area contributed by atoms with Crippen LogP contribution in [0.25, 0.3) is 16.4 Å². The highest BCUT2D eigenvalue weighted by Crippen LogP contribution is 2.22. The van der Waals surface area contributed by atoms with Gasteiger partial charge in [0, 0.05) is 18.3 Å². The molecule has 3 heterocycles. The highest BCUT2D eigenvalue weighted by Gasteiger charge is 2.21. The zero-order valence-corrected chi connectivity index (χ0v) is 17.6. The second kappa shape index (κ2) is 7.51. The summed E-state index contributed by atoms with van der Waals surface area (Å²) in [5, 5.41) is 0.203. The van der Waals surface area contributed by atoms with E-state index in [-0.39, 0.29) is 29.1 Å². The first-order valence-electron chi connectivity index (χ1n) is 9.46. The number of H-pyrrole nitrogens is 1. The number of hydrogen-bond acceptors (Lipinski definition) is 6. The molecule has 0 aliphatic rings. The molecule has 31 heavy (non-hydrogen) atoms. The van der Waals surface area contributed by atoms with Crippen LogP contribution in [-0.2, 0) is 16.6 Å². The van der Waals surface area contributed by atoms with Crippen LogP contribution in [0.5, 0.6) is 0 Å². The van der Waals surface area contributed by atoms with Crippen LogP contribution in [0.3, 0.4) is 0 Å². The van der Waals surface area contributed by atoms with E-state index in [0.717, 1.165) is 10.8 Å². The van der Waals surface area contributed by atoms with Crippen LogP contribution in [0.4, 0.5) is 5.82 Å². The minimum absolute atomic E-state index is 0.0144. The first kappa shape index (κ1) is 20.5. The average Bonchev–Trinajstić information content (AvgIpc) is 3.07. The molecule has 0 aliphatic heterocycles. The highest BCUT2D eigenvalue weighted by molar-refractivity contribution is 7.92. The Morgan fingerprint density at radius 2 is 1.97 bits per heavy atom. The predicted octanol–water partition coefficient (Wildman–Crippen LogP) is 1.35. The summed E-state index contributed by atoms with van der Waals surface area (Å²) in [4.78, 5) is 45.0. The molecule has 4 rings (SSSR count). The Hall–Kier alpha value is -3.73. The highest BCUT2D eigenvalue weighted by atomic mass is 32.2. The SMILES string of the molecule is CCCn1c(=O)[nH]c2ccc(C(=O)c3nc(NS(C)(=O)=O)c4ccccn34)cc2c1=O. The average molecular weight is 441 g/mol. The molecule has 4 aromatic rings. The molecule has 0 radical (unpaired) electrons. The van der Waals surface area contributed by atoms with Gasteiger partial charge in [0.15, 0.2) is 11.6 Å². The maximum absolute atomic E-state index is 13.2. The molecular weight excluding hydrogens is 422 g/mol. The van der Waals surface area contributed by atoms with Gasteiger partial charge in [-0.2, -0.15) is 0 Å². The van der Waals surface area contributed by atoms with Crippen molar-refractivity contribution in [1.29, 1.82) is 0 Å². The van der Waals surface area contributed by atoms with Gasteiger partial charge in [-0.25, -0.2) is 18.2 Å². The van der Waals surface area contributed by atoms with Gasteiger partial charge in [-0.3, -0.25) is 23.3 Å². The molecule has 0 atom stereocenters. The van der Waals surface area contributed by atoms with Crippen molar-refractivity contribution in [2.24, 2.45) is 0 Å². The summed E-state index contributed by atoms with van der Waals surface area (Å²) in [6.07, 6.45) is 3.19. The molecule has 0 fully saturated rings. The minimum Gasteiger partial charge on any atom is -0.307 e. The molecular formula is C20H19N5O5S. The Morgan fingerprint density at radius 1 is 1.19 bits per heavy atom. The molecule has 0 spiro atoms. The lowest BCUT2D eigenvalue weighted by atomic mass is 10.1. The van der Waals surface area contributed by atoms with Crippen molar-refractivity contribution in [3.05, 3.63) is 74.8 Å². The summed E-state index contributed by atoms with van der Waals surface area (Å²) >= 11 is 0. The first-order valence-corrected chi connectivity index (χ1v) is 11.3. The van der Waals surface area contributed by atoms with Crippen molar-refractivity contribution in [1.82, 2.24) is 18.9 Å². The van der Waals surface area contributed by atoms with E-state index < -0.39 is 27.1 Å².